The molecule has 0 radical (unpaired) electrons. The van der Waals surface area contributed by atoms with E-state index < -0.39 is 0 Å². The van der Waals surface area contributed by atoms with E-state index in [1.807, 2.05) is 62.4 Å². The Morgan fingerprint density at radius 1 is 1.23 bits per heavy atom. The second kappa shape index (κ2) is 7.75. The van der Waals surface area contributed by atoms with E-state index in [4.69, 9.17) is 16.3 Å². The van der Waals surface area contributed by atoms with E-state index in [9.17, 15) is 4.79 Å². The summed E-state index contributed by atoms with van der Waals surface area (Å²) in [6.07, 6.45) is 2.81. The van der Waals surface area contributed by atoms with Crippen molar-refractivity contribution in [3.63, 3.8) is 0 Å². The molecule has 5 heteroatoms. The summed E-state index contributed by atoms with van der Waals surface area (Å²) in [5, 5.41) is 6.33. The number of rotatable bonds is 5. The number of ether oxygens (including phenoxy) is 1. The number of amides is 1. The highest BCUT2D eigenvalue weighted by Crippen LogP contribution is 2.29. The van der Waals surface area contributed by atoms with Crippen molar-refractivity contribution in [2.24, 2.45) is 5.10 Å². The summed E-state index contributed by atoms with van der Waals surface area (Å²) in [6.45, 7) is 5.89. The molecule has 1 aliphatic heterocycles. The third-order valence-electron chi connectivity index (χ3n) is 4.23. The number of carbonyl (C=O) groups is 1. The van der Waals surface area contributed by atoms with Gasteiger partial charge in [-0.2, -0.15) is 10.1 Å². The Kier molecular flexibility index (Phi) is 5.43. The number of hydrogen-bond acceptors (Lipinski definition) is 3. The first-order valence-corrected chi connectivity index (χ1v) is 9.00. The van der Waals surface area contributed by atoms with Crippen LogP contribution < -0.4 is 9.75 Å². The highest BCUT2D eigenvalue weighted by Gasteiger charge is 2.28. The fourth-order valence-corrected chi connectivity index (χ4v) is 2.83. The van der Waals surface area contributed by atoms with Crippen LogP contribution in [0.3, 0.4) is 0 Å². The lowest BCUT2D eigenvalue weighted by molar-refractivity contribution is -0.114. The van der Waals surface area contributed by atoms with Crippen LogP contribution in [0.5, 0.6) is 5.75 Å². The molecule has 0 saturated heterocycles. The van der Waals surface area contributed by atoms with Gasteiger partial charge in [0.15, 0.2) is 0 Å². The second-order valence-electron chi connectivity index (χ2n) is 6.22. The molecular formula is C21H21ClN2O2. The molecule has 0 fully saturated rings. The fourth-order valence-electron chi connectivity index (χ4n) is 2.60. The van der Waals surface area contributed by atoms with E-state index in [0.717, 1.165) is 17.7 Å². The van der Waals surface area contributed by atoms with Crippen molar-refractivity contribution in [3.8, 4) is 5.75 Å². The Morgan fingerprint density at radius 2 is 1.96 bits per heavy atom. The molecule has 26 heavy (non-hydrogen) atoms. The molecule has 1 unspecified atom stereocenters. The molecule has 0 aliphatic carbocycles. The molecule has 134 valence electrons. The summed E-state index contributed by atoms with van der Waals surface area (Å²) in [5.74, 6) is 0.502. The van der Waals surface area contributed by atoms with Crippen molar-refractivity contribution in [3.05, 3.63) is 64.7 Å². The van der Waals surface area contributed by atoms with Gasteiger partial charge in [0.05, 0.1) is 28.1 Å². The van der Waals surface area contributed by atoms with Gasteiger partial charge in [0.25, 0.3) is 5.91 Å². The van der Waals surface area contributed by atoms with Gasteiger partial charge in [0, 0.05) is 0 Å². The molecule has 3 rings (SSSR count). The molecule has 0 bridgehead atoms. The Morgan fingerprint density at radius 3 is 2.62 bits per heavy atom. The van der Waals surface area contributed by atoms with Crippen molar-refractivity contribution in [1.82, 2.24) is 0 Å². The topological polar surface area (TPSA) is 41.9 Å². The van der Waals surface area contributed by atoms with E-state index in [2.05, 4.69) is 12.0 Å². The quantitative estimate of drug-likeness (QED) is 0.670. The molecule has 0 aromatic heterocycles. The second-order valence-corrected chi connectivity index (χ2v) is 6.63. The number of hydrazone groups is 1. The maximum absolute atomic E-state index is 12.7. The zero-order valence-electron chi connectivity index (χ0n) is 15.1. The molecule has 1 aliphatic rings. The van der Waals surface area contributed by atoms with Crippen molar-refractivity contribution >= 4 is 35.0 Å². The summed E-state index contributed by atoms with van der Waals surface area (Å²) in [6, 6.07) is 14.9. The van der Waals surface area contributed by atoms with Crippen molar-refractivity contribution in [2.45, 2.75) is 33.3 Å². The lowest BCUT2D eigenvalue weighted by Crippen LogP contribution is -2.21. The van der Waals surface area contributed by atoms with Crippen LogP contribution in [0, 0.1) is 0 Å². The van der Waals surface area contributed by atoms with Crippen LogP contribution in [-0.2, 0) is 4.79 Å². The third-order valence-corrected chi connectivity index (χ3v) is 4.53. The third kappa shape index (κ3) is 3.81. The predicted molar refractivity (Wildman–Crippen MR) is 107 cm³/mol. The average Bonchev–Trinajstić information content (AvgIpc) is 2.92. The molecule has 2 aromatic carbocycles. The fraction of sp³-hybridized carbons (Fsp3) is 0.238. The van der Waals surface area contributed by atoms with E-state index in [0.29, 0.717) is 22.1 Å². The van der Waals surface area contributed by atoms with Crippen LogP contribution in [-0.4, -0.2) is 17.7 Å². The lowest BCUT2D eigenvalue weighted by atomic mass is 10.1. The Balaban J connectivity index is 1.85. The minimum Gasteiger partial charge on any atom is -0.489 e. The Bertz CT molecular complexity index is 875. The van der Waals surface area contributed by atoms with E-state index >= 15 is 0 Å². The average molecular weight is 369 g/mol. The molecule has 0 saturated carbocycles. The van der Waals surface area contributed by atoms with Gasteiger partial charge >= 0.3 is 0 Å². The number of hydrogen-bond donors (Lipinski definition) is 0. The van der Waals surface area contributed by atoms with Gasteiger partial charge in [-0.1, -0.05) is 42.8 Å². The van der Waals surface area contributed by atoms with Crippen molar-refractivity contribution in [2.75, 3.05) is 5.01 Å². The van der Waals surface area contributed by atoms with Crippen molar-refractivity contribution < 1.29 is 9.53 Å². The summed E-state index contributed by atoms with van der Waals surface area (Å²) >= 11 is 6.33. The summed E-state index contributed by atoms with van der Waals surface area (Å²) in [5.41, 5.74) is 2.81. The first-order chi connectivity index (χ1) is 12.5. The van der Waals surface area contributed by atoms with Crippen LogP contribution >= 0.6 is 11.6 Å². The zero-order valence-corrected chi connectivity index (χ0v) is 15.8. The molecular weight excluding hydrogens is 348 g/mol. The summed E-state index contributed by atoms with van der Waals surface area (Å²) < 4.78 is 5.78. The highest BCUT2D eigenvalue weighted by atomic mass is 35.5. The SMILES string of the molecule is CCC(C)Oc1ccc(/C=C2/C(=O)N(c3ccccc3)N=C2C)cc1Cl. The molecule has 0 spiro atoms. The molecule has 2 aromatic rings. The number of para-hydroxylation sites is 1. The standard InChI is InChI=1S/C21H21ClN2O2/c1-4-14(2)26-20-11-10-16(13-19(20)22)12-18-15(3)23-24(21(18)25)17-8-6-5-7-9-17/h5-14H,4H2,1-3H3/b18-12+. The molecule has 1 amide bonds. The normalized spacial score (nSPS) is 16.8. The number of nitrogens with zero attached hydrogens (tertiary/aromatic N) is 2. The zero-order chi connectivity index (χ0) is 18.7. The number of benzene rings is 2. The Labute approximate surface area is 158 Å². The van der Waals surface area contributed by atoms with E-state index in [-0.39, 0.29) is 12.0 Å². The number of anilines is 1. The van der Waals surface area contributed by atoms with Gasteiger partial charge < -0.3 is 4.74 Å². The summed E-state index contributed by atoms with van der Waals surface area (Å²) in [7, 11) is 0. The van der Waals surface area contributed by atoms with Gasteiger partial charge in [-0.25, -0.2) is 0 Å². The van der Waals surface area contributed by atoms with Crippen LogP contribution in [0.25, 0.3) is 6.08 Å². The Hall–Kier alpha value is -2.59. The van der Waals surface area contributed by atoms with Crippen molar-refractivity contribution in [1.29, 1.82) is 0 Å². The van der Waals surface area contributed by atoms with Crippen LogP contribution in [0.15, 0.2) is 59.2 Å². The van der Waals surface area contributed by atoms with Gasteiger partial charge in [-0.15, -0.1) is 0 Å². The first kappa shape index (κ1) is 18.2. The molecule has 1 atom stereocenters. The summed E-state index contributed by atoms with van der Waals surface area (Å²) in [4.78, 5) is 12.7. The molecule has 0 N–H and O–H groups in total. The van der Waals surface area contributed by atoms with Gasteiger partial charge in [0.2, 0.25) is 0 Å². The van der Waals surface area contributed by atoms with Crippen LogP contribution in [0.2, 0.25) is 5.02 Å². The maximum Gasteiger partial charge on any atom is 0.280 e. The molecule has 4 nitrogen and oxygen atoms in total. The van der Waals surface area contributed by atoms with Crippen LogP contribution in [0.4, 0.5) is 5.69 Å². The smallest absolute Gasteiger partial charge is 0.280 e. The first-order valence-electron chi connectivity index (χ1n) is 8.62. The van der Waals surface area contributed by atoms with Crippen LogP contribution in [0.1, 0.15) is 32.8 Å². The predicted octanol–water partition coefficient (Wildman–Crippen LogP) is 5.32. The number of carbonyl (C=O) groups excluding carboxylic acids is 1. The largest absolute Gasteiger partial charge is 0.489 e. The monoisotopic (exact) mass is 368 g/mol. The van der Waals surface area contributed by atoms with Gasteiger partial charge in [-0.05, 0) is 56.2 Å². The maximum atomic E-state index is 12.7. The highest BCUT2D eigenvalue weighted by molar-refractivity contribution is 6.33. The lowest BCUT2D eigenvalue weighted by Gasteiger charge is -2.14. The van der Waals surface area contributed by atoms with Gasteiger partial charge in [-0.3, -0.25) is 4.79 Å². The number of halogens is 1. The van der Waals surface area contributed by atoms with Gasteiger partial charge in [0.1, 0.15) is 5.75 Å². The molecule has 1 heterocycles. The van der Waals surface area contributed by atoms with E-state index in [1.54, 1.807) is 6.07 Å². The van der Waals surface area contributed by atoms with E-state index in [1.165, 1.54) is 5.01 Å². The minimum absolute atomic E-state index is 0.0990. The minimum atomic E-state index is -0.148.